The molecule has 2 aromatic rings. The highest BCUT2D eigenvalue weighted by Gasteiger charge is 2.29. The average molecular weight is 597 g/mol. The van der Waals surface area contributed by atoms with Gasteiger partial charge in [-0.1, -0.05) is 63.3 Å². The molecule has 2 N–H and O–H groups in total. The minimum atomic E-state index is -0.0811. The third-order valence-electron chi connectivity index (χ3n) is 7.08. The largest absolute Gasteiger partial charge is 0.390 e. The van der Waals surface area contributed by atoms with Gasteiger partial charge >= 0.3 is 0 Å². The zero-order valence-corrected chi connectivity index (χ0v) is 27.5. The van der Waals surface area contributed by atoms with Gasteiger partial charge in [-0.15, -0.1) is 0 Å². The Balaban J connectivity index is 2.27. The summed E-state index contributed by atoms with van der Waals surface area (Å²) in [7, 11) is 1.77. The smallest absolute Gasteiger partial charge is 0.253 e. The van der Waals surface area contributed by atoms with Crippen LogP contribution in [0.2, 0.25) is 0 Å². The highest BCUT2D eigenvalue weighted by atomic mass is 16.5. The molecule has 0 saturated carbocycles. The van der Waals surface area contributed by atoms with E-state index in [1.54, 1.807) is 11.6 Å². The Morgan fingerprint density at radius 2 is 1.91 bits per heavy atom. The number of hydrogen-bond donors (Lipinski definition) is 2. The molecule has 0 spiro atoms. The first kappa shape index (κ1) is 34.2. The van der Waals surface area contributed by atoms with Crippen LogP contribution >= 0.6 is 0 Å². The van der Waals surface area contributed by atoms with Crippen LogP contribution in [0.1, 0.15) is 64.1 Å². The Bertz CT molecular complexity index is 1520. The van der Waals surface area contributed by atoms with Crippen LogP contribution < -0.4 is 15.8 Å². The van der Waals surface area contributed by atoms with Gasteiger partial charge in [0.1, 0.15) is 5.82 Å². The van der Waals surface area contributed by atoms with Crippen LogP contribution in [0.25, 0.3) is 17.2 Å². The fraction of sp³-hybridized carbons (Fsp3) is 0.389. The van der Waals surface area contributed by atoms with Gasteiger partial charge < -0.3 is 24.9 Å². The van der Waals surface area contributed by atoms with E-state index in [2.05, 4.69) is 49.2 Å². The second-order valence-corrected chi connectivity index (χ2v) is 12.1. The van der Waals surface area contributed by atoms with Gasteiger partial charge in [-0.05, 0) is 62.0 Å². The van der Waals surface area contributed by atoms with E-state index in [9.17, 15) is 4.79 Å². The summed E-state index contributed by atoms with van der Waals surface area (Å²) in [4.78, 5) is 24.6. The maximum Gasteiger partial charge on any atom is 0.253 e. The maximum absolute atomic E-state index is 12.5. The molecular weight excluding hydrogens is 548 g/mol. The second kappa shape index (κ2) is 16.0. The zero-order chi connectivity index (χ0) is 32.3. The van der Waals surface area contributed by atoms with E-state index in [0.29, 0.717) is 36.7 Å². The topological polar surface area (TPSA) is 96.1 Å². The van der Waals surface area contributed by atoms with Crippen LogP contribution in [-0.2, 0) is 11.8 Å². The van der Waals surface area contributed by atoms with Crippen molar-refractivity contribution in [3.05, 3.63) is 106 Å². The number of nitrogens with zero attached hydrogens (tertiary/aromatic N) is 4. The van der Waals surface area contributed by atoms with Crippen molar-refractivity contribution in [1.29, 1.82) is 5.41 Å². The predicted molar refractivity (Wildman–Crippen MR) is 185 cm³/mol. The van der Waals surface area contributed by atoms with Gasteiger partial charge in [-0.25, -0.2) is 9.97 Å². The molecule has 234 valence electrons. The number of ether oxygens (including phenoxy) is 1. The molecule has 2 aromatic heterocycles. The number of hydrogen-bond acceptors (Lipinski definition) is 7. The van der Waals surface area contributed by atoms with Crippen molar-refractivity contribution in [3.63, 3.8) is 0 Å². The number of pyridine rings is 1. The van der Waals surface area contributed by atoms with Gasteiger partial charge in [-0.3, -0.25) is 4.79 Å². The molecule has 1 aliphatic heterocycles. The van der Waals surface area contributed by atoms with E-state index < -0.39 is 0 Å². The molecule has 44 heavy (non-hydrogen) atoms. The van der Waals surface area contributed by atoms with Crippen molar-refractivity contribution in [2.45, 2.75) is 54.5 Å². The number of aromatic nitrogens is 3. The molecule has 1 fully saturated rings. The van der Waals surface area contributed by atoms with E-state index in [4.69, 9.17) is 20.1 Å². The van der Waals surface area contributed by atoms with Gasteiger partial charge in [0.25, 0.3) is 5.56 Å². The number of rotatable bonds is 11. The van der Waals surface area contributed by atoms with E-state index in [1.165, 1.54) is 6.21 Å². The molecule has 0 radical (unpaired) electrons. The number of morpholine rings is 1. The van der Waals surface area contributed by atoms with Crippen molar-refractivity contribution in [3.8, 4) is 0 Å². The first-order chi connectivity index (χ1) is 21.0. The van der Waals surface area contributed by atoms with Crippen molar-refractivity contribution in [1.82, 2.24) is 19.9 Å². The fourth-order valence-electron chi connectivity index (χ4n) is 4.91. The number of anilines is 1. The van der Waals surface area contributed by atoms with E-state index in [1.807, 2.05) is 82.7 Å². The van der Waals surface area contributed by atoms with Gasteiger partial charge in [0, 0.05) is 56.1 Å². The van der Waals surface area contributed by atoms with Gasteiger partial charge in [0.05, 0.1) is 24.8 Å². The van der Waals surface area contributed by atoms with E-state index in [-0.39, 0.29) is 17.0 Å². The summed E-state index contributed by atoms with van der Waals surface area (Å²) in [5.74, 6) is 1.22. The minimum absolute atomic E-state index is 0.0198. The third-order valence-corrected chi connectivity index (χ3v) is 7.08. The molecule has 0 amide bonds. The zero-order valence-electron chi connectivity index (χ0n) is 27.5. The molecule has 8 heteroatoms. The molecule has 0 aliphatic carbocycles. The van der Waals surface area contributed by atoms with Gasteiger partial charge in [0.15, 0.2) is 5.82 Å². The van der Waals surface area contributed by atoms with Crippen LogP contribution in [0, 0.1) is 17.7 Å². The second-order valence-electron chi connectivity index (χ2n) is 12.1. The summed E-state index contributed by atoms with van der Waals surface area (Å²) >= 11 is 0. The first-order valence-corrected chi connectivity index (χ1v) is 15.2. The lowest BCUT2D eigenvalue weighted by Gasteiger charge is -2.38. The Morgan fingerprint density at radius 1 is 1.16 bits per heavy atom. The summed E-state index contributed by atoms with van der Waals surface area (Å²) in [5, 5.41) is 11.5. The standard InChI is InChI=1S/C36H48N6O2/c1-9-12-15-27(13-10-2)32-24-44-17-16-42(32)34-29(19-28(14-11-3)30-18-26(4)35(43)41(8)23-30)22-39-33(40-34)31(20-37)21-38-25-36(5,6)7/h9-15,18-23,32,37-38H,16-17,24-25H2,1-8H3/b12-9-,13-10-,14-11-,27-15+,28-19+,31-21+,37-20?. The monoisotopic (exact) mass is 596 g/mol. The van der Waals surface area contributed by atoms with E-state index in [0.717, 1.165) is 34.6 Å². The van der Waals surface area contributed by atoms with Crippen LogP contribution in [0.3, 0.4) is 0 Å². The maximum atomic E-state index is 12.5. The number of allylic oxidation sites excluding steroid dienone is 8. The normalized spacial score (nSPS) is 17.3. The van der Waals surface area contributed by atoms with E-state index >= 15 is 0 Å². The Kier molecular flexibility index (Phi) is 12.4. The van der Waals surface area contributed by atoms with Gasteiger partial charge in [0.2, 0.25) is 0 Å². The summed E-state index contributed by atoms with van der Waals surface area (Å²) in [5.41, 5.74) is 5.12. The Labute approximate surface area is 262 Å². The van der Waals surface area contributed by atoms with Crippen LogP contribution in [-0.4, -0.2) is 53.1 Å². The summed E-state index contributed by atoms with van der Waals surface area (Å²) < 4.78 is 7.60. The molecule has 8 nitrogen and oxygen atoms in total. The minimum Gasteiger partial charge on any atom is -0.390 e. The Hall–Kier alpha value is -4.30. The molecule has 1 aliphatic rings. The SMILES string of the molecule is C\C=C/C=C(\C=C/C)C1COCCN1c1nc(/C(C=N)=C/NCC(C)(C)C)ncc1/C=C(\C=C/C)c1cc(C)c(=O)n(C)c1. The molecule has 1 atom stereocenters. The first-order valence-electron chi connectivity index (χ1n) is 15.2. The molecule has 3 heterocycles. The summed E-state index contributed by atoms with van der Waals surface area (Å²) in [6, 6.07) is 1.84. The molecule has 0 bridgehead atoms. The van der Waals surface area contributed by atoms with Crippen molar-refractivity contribution in [2.24, 2.45) is 12.5 Å². The highest BCUT2D eigenvalue weighted by Crippen LogP contribution is 2.30. The van der Waals surface area contributed by atoms with Crippen LogP contribution in [0.4, 0.5) is 5.82 Å². The number of aryl methyl sites for hydroxylation is 2. The summed E-state index contributed by atoms with van der Waals surface area (Å²) in [6.07, 6.45) is 23.2. The predicted octanol–water partition coefficient (Wildman–Crippen LogP) is 6.51. The van der Waals surface area contributed by atoms with Crippen molar-refractivity contribution in [2.75, 3.05) is 31.2 Å². The lowest BCUT2D eigenvalue weighted by molar-refractivity contribution is 0.103. The molecule has 0 aromatic carbocycles. The third kappa shape index (κ3) is 9.10. The molecule has 1 saturated heterocycles. The molecule has 3 rings (SSSR count). The summed E-state index contributed by atoms with van der Waals surface area (Å²) in [6.45, 7) is 16.8. The lowest BCUT2D eigenvalue weighted by Crippen LogP contribution is -2.47. The molecular formula is C36H48N6O2. The van der Waals surface area contributed by atoms with Crippen molar-refractivity contribution >= 4 is 29.3 Å². The van der Waals surface area contributed by atoms with Crippen LogP contribution in [0.5, 0.6) is 0 Å². The van der Waals surface area contributed by atoms with Crippen molar-refractivity contribution < 1.29 is 4.74 Å². The van der Waals surface area contributed by atoms with Crippen LogP contribution in [0.15, 0.2) is 77.6 Å². The Morgan fingerprint density at radius 3 is 2.55 bits per heavy atom. The highest BCUT2D eigenvalue weighted by molar-refractivity contribution is 6.06. The lowest BCUT2D eigenvalue weighted by atomic mass is 9.97. The molecule has 1 unspecified atom stereocenters. The van der Waals surface area contributed by atoms with Gasteiger partial charge in [-0.2, -0.15) is 0 Å². The fourth-order valence-corrected chi connectivity index (χ4v) is 4.91. The average Bonchev–Trinajstić information content (AvgIpc) is 2.99. The number of nitrogens with one attached hydrogen (secondary N) is 2. The quantitative estimate of drug-likeness (QED) is 0.227.